The third kappa shape index (κ3) is 4.99. The fraction of sp³-hybridized carbons (Fsp3) is 0.833. The van der Waals surface area contributed by atoms with E-state index in [-0.39, 0.29) is 30.3 Å². The van der Waals surface area contributed by atoms with Crippen LogP contribution in [0.5, 0.6) is 0 Å². The summed E-state index contributed by atoms with van der Waals surface area (Å²) in [5.74, 6) is -0.502. The molecule has 2 amide bonds. The van der Waals surface area contributed by atoms with Crippen molar-refractivity contribution in [1.29, 1.82) is 0 Å². The molecule has 1 fully saturated rings. The number of halogens is 1. The smallest absolute Gasteiger partial charge is 0.233 e. The highest BCUT2D eigenvalue weighted by atomic mass is 32.2. The predicted octanol–water partition coefficient (Wildman–Crippen LogP) is 0.142. The number of nitrogens with two attached hydrogens (primary N) is 1. The van der Waals surface area contributed by atoms with Crippen molar-refractivity contribution >= 4 is 23.6 Å². The Morgan fingerprint density at radius 1 is 1.58 bits per heavy atom. The first-order chi connectivity index (χ1) is 8.97. The number of carbonyl (C=O) groups is 2. The molecule has 1 rings (SSSR count). The highest BCUT2D eigenvalue weighted by molar-refractivity contribution is 7.99. The monoisotopic (exact) mass is 291 g/mol. The average molecular weight is 291 g/mol. The molecule has 5 nitrogen and oxygen atoms in total. The van der Waals surface area contributed by atoms with Crippen LogP contribution in [0, 0.1) is 0 Å². The van der Waals surface area contributed by atoms with Gasteiger partial charge in [-0.15, -0.1) is 0 Å². The number of likely N-dealkylation sites (tertiary alicyclic amines) is 1. The Labute approximate surface area is 117 Å². The molecule has 1 unspecified atom stereocenters. The van der Waals surface area contributed by atoms with E-state index in [9.17, 15) is 14.0 Å². The molecule has 3 N–H and O–H groups in total. The maximum atomic E-state index is 13.4. The van der Waals surface area contributed by atoms with Gasteiger partial charge in [-0.1, -0.05) is 6.92 Å². The van der Waals surface area contributed by atoms with Crippen LogP contribution in [0.25, 0.3) is 0 Å². The summed E-state index contributed by atoms with van der Waals surface area (Å²) >= 11 is 1.50. The standard InChI is InChI=1S/C12H22FN3O2S/c1-3-10(19-2)12(18)15-5-9-4-8(13)6-16(9)7-11(14)17/h8-10H,3-7H2,1-2H3,(H2,14,17)(H,15,18)/t8-,9-,10?/m0/s1. The molecule has 0 saturated carbocycles. The molecule has 7 heteroatoms. The molecular weight excluding hydrogens is 269 g/mol. The normalized spacial score (nSPS) is 25.2. The van der Waals surface area contributed by atoms with Crippen molar-refractivity contribution < 1.29 is 14.0 Å². The number of hydrogen-bond donors (Lipinski definition) is 2. The minimum Gasteiger partial charge on any atom is -0.369 e. The van der Waals surface area contributed by atoms with Crippen molar-refractivity contribution in [3.8, 4) is 0 Å². The summed E-state index contributed by atoms with van der Waals surface area (Å²) in [6.07, 6.45) is 2.03. The fourth-order valence-electron chi connectivity index (χ4n) is 2.32. The third-order valence-corrected chi connectivity index (χ3v) is 4.41. The van der Waals surface area contributed by atoms with Crippen molar-refractivity contribution in [2.75, 3.05) is 25.9 Å². The summed E-state index contributed by atoms with van der Waals surface area (Å²) < 4.78 is 13.4. The van der Waals surface area contributed by atoms with Crippen molar-refractivity contribution in [3.63, 3.8) is 0 Å². The van der Waals surface area contributed by atoms with Gasteiger partial charge < -0.3 is 11.1 Å². The van der Waals surface area contributed by atoms with Crippen LogP contribution in [0.15, 0.2) is 0 Å². The first kappa shape index (κ1) is 16.2. The zero-order valence-corrected chi connectivity index (χ0v) is 12.2. The molecule has 1 saturated heterocycles. The molecule has 1 aliphatic heterocycles. The number of hydrogen-bond acceptors (Lipinski definition) is 4. The van der Waals surface area contributed by atoms with E-state index in [0.29, 0.717) is 13.0 Å². The molecule has 0 aromatic carbocycles. The quantitative estimate of drug-likeness (QED) is 0.700. The van der Waals surface area contributed by atoms with Gasteiger partial charge >= 0.3 is 0 Å². The molecule has 0 aromatic heterocycles. The van der Waals surface area contributed by atoms with Crippen LogP contribution >= 0.6 is 11.8 Å². The molecule has 110 valence electrons. The van der Waals surface area contributed by atoms with E-state index in [1.807, 2.05) is 13.2 Å². The molecule has 0 aliphatic carbocycles. The van der Waals surface area contributed by atoms with Gasteiger partial charge in [-0.2, -0.15) is 11.8 Å². The van der Waals surface area contributed by atoms with Gasteiger partial charge in [0.1, 0.15) is 6.17 Å². The van der Waals surface area contributed by atoms with Crippen molar-refractivity contribution in [1.82, 2.24) is 10.2 Å². The lowest BCUT2D eigenvalue weighted by molar-refractivity contribution is -0.120. The van der Waals surface area contributed by atoms with Gasteiger partial charge in [0.2, 0.25) is 11.8 Å². The summed E-state index contributed by atoms with van der Waals surface area (Å²) in [5, 5.41) is 2.75. The number of primary amides is 1. The summed E-state index contributed by atoms with van der Waals surface area (Å²) in [5.41, 5.74) is 5.13. The van der Waals surface area contributed by atoms with E-state index in [1.165, 1.54) is 11.8 Å². The first-order valence-corrected chi connectivity index (χ1v) is 7.73. The lowest BCUT2D eigenvalue weighted by Gasteiger charge is -2.23. The van der Waals surface area contributed by atoms with Gasteiger partial charge in [0.25, 0.3) is 0 Å². The second kappa shape index (κ2) is 7.69. The van der Waals surface area contributed by atoms with E-state index in [1.54, 1.807) is 4.90 Å². The first-order valence-electron chi connectivity index (χ1n) is 6.44. The van der Waals surface area contributed by atoms with Gasteiger partial charge in [-0.05, 0) is 19.1 Å². The third-order valence-electron chi connectivity index (χ3n) is 3.30. The predicted molar refractivity (Wildman–Crippen MR) is 74.7 cm³/mol. The lowest BCUT2D eigenvalue weighted by Crippen LogP contribution is -2.45. The van der Waals surface area contributed by atoms with Gasteiger partial charge in [0.05, 0.1) is 11.8 Å². The Bertz CT molecular complexity index is 326. The van der Waals surface area contributed by atoms with Crippen molar-refractivity contribution in [2.24, 2.45) is 5.73 Å². The average Bonchev–Trinajstić information content (AvgIpc) is 2.67. The maximum Gasteiger partial charge on any atom is 0.233 e. The number of carbonyl (C=O) groups excluding carboxylic acids is 2. The zero-order chi connectivity index (χ0) is 14.4. The maximum absolute atomic E-state index is 13.4. The Morgan fingerprint density at radius 3 is 2.79 bits per heavy atom. The van der Waals surface area contributed by atoms with Gasteiger partial charge in [-0.3, -0.25) is 14.5 Å². The van der Waals surface area contributed by atoms with E-state index < -0.39 is 12.1 Å². The summed E-state index contributed by atoms with van der Waals surface area (Å²) in [7, 11) is 0. The Morgan fingerprint density at radius 2 is 2.26 bits per heavy atom. The van der Waals surface area contributed by atoms with Crippen LogP contribution < -0.4 is 11.1 Å². The Kier molecular flexibility index (Phi) is 6.57. The van der Waals surface area contributed by atoms with Crippen LogP contribution in [-0.4, -0.2) is 60.1 Å². The molecule has 0 aromatic rings. The SMILES string of the molecule is CCC(SC)C(=O)NC[C@@H]1C[C@H](F)CN1CC(N)=O. The van der Waals surface area contributed by atoms with Crippen LogP contribution in [0.1, 0.15) is 19.8 Å². The second-order valence-corrected chi connectivity index (χ2v) is 5.80. The zero-order valence-electron chi connectivity index (χ0n) is 11.4. The molecule has 1 aliphatic rings. The lowest BCUT2D eigenvalue weighted by atomic mass is 10.2. The molecule has 0 spiro atoms. The number of thioether (sulfide) groups is 1. The van der Waals surface area contributed by atoms with Gasteiger partial charge in [-0.25, -0.2) is 4.39 Å². The molecule has 19 heavy (non-hydrogen) atoms. The minimum absolute atomic E-state index is 0.0312. The fourth-order valence-corrected chi connectivity index (χ4v) is 2.95. The highest BCUT2D eigenvalue weighted by Crippen LogP contribution is 2.19. The van der Waals surface area contributed by atoms with Crippen LogP contribution in [0.4, 0.5) is 4.39 Å². The largest absolute Gasteiger partial charge is 0.369 e. The number of rotatable bonds is 7. The Balaban J connectivity index is 2.46. The molecular formula is C12H22FN3O2S. The molecule has 0 radical (unpaired) electrons. The highest BCUT2D eigenvalue weighted by Gasteiger charge is 2.33. The van der Waals surface area contributed by atoms with Crippen molar-refractivity contribution in [2.45, 2.75) is 37.2 Å². The summed E-state index contributed by atoms with van der Waals surface area (Å²) in [6, 6.07) is -0.147. The minimum atomic E-state index is -0.955. The molecule has 0 bridgehead atoms. The van der Waals surface area contributed by atoms with E-state index in [0.717, 1.165) is 6.42 Å². The van der Waals surface area contributed by atoms with Gasteiger partial charge in [0, 0.05) is 19.1 Å². The van der Waals surface area contributed by atoms with Crippen LogP contribution in [-0.2, 0) is 9.59 Å². The van der Waals surface area contributed by atoms with Crippen molar-refractivity contribution in [3.05, 3.63) is 0 Å². The number of nitrogens with zero attached hydrogens (tertiary/aromatic N) is 1. The number of amides is 2. The molecule has 1 heterocycles. The number of alkyl halides is 1. The van der Waals surface area contributed by atoms with Crippen LogP contribution in [0.2, 0.25) is 0 Å². The summed E-state index contributed by atoms with van der Waals surface area (Å²) in [4.78, 5) is 24.5. The Hall–Kier alpha value is -0.820. The van der Waals surface area contributed by atoms with E-state index in [2.05, 4.69) is 5.32 Å². The van der Waals surface area contributed by atoms with Gasteiger partial charge in [0.15, 0.2) is 0 Å². The molecule has 3 atom stereocenters. The van der Waals surface area contributed by atoms with E-state index >= 15 is 0 Å². The van der Waals surface area contributed by atoms with E-state index in [4.69, 9.17) is 5.73 Å². The summed E-state index contributed by atoms with van der Waals surface area (Å²) in [6.45, 7) is 2.57. The van der Waals surface area contributed by atoms with Crippen LogP contribution in [0.3, 0.4) is 0 Å². The number of nitrogens with one attached hydrogen (secondary N) is 1. The second-order valence-electron chi connectivity index (χ2n) is 4.76. The topological polar surface area (TPSA) is 75.4 Å².